The molecule has 0 aromatic heterocycles. The number of Topliss-reactive ketones (excluding diaryl/α,β-unsaturated/α-hetero) is 1. The van der Waals surface area contributed by atoms with E-state index >= 15 is 0 Å². The third-order valence-corrected chi connectivity index (χ3v) is 2.32. The van der Waals surface area contributed by atoms with Gasteiger partial charge in [-0.3, -0.25) is 10.1 Å². The smallest absolute Gasteiger partial charge is 0.146 e. The lowest BCUT2D eigenvalue weighted by molar-refractivity contribution is -0.118. The number of ketones is 1. The average molecular weight is 157 g/mol. The Hall–Kier alpha value is -0.410. The summed E-state index contributed by atoms with van der Waals surface area (Å²) in [6, 6.07) is -0.153. The van der Waals surface area contributed by atoms with Crippen LogP contribution in [0, 0.1) is 5.41 Å². The highest BCUT2D eigenvalue weighted by Gasteiger charge is 2.40. The van der Waals surface area contributed by atoms with Crippen LogP contribution in [0.15, 0.2) is 0 Å². The van der Waals surface area contributed by atoms with Gasteiger partial charge in [0, 0.05) is 5.41 Å². The Balaban J connectivity index is 2.64. The number of nitrogens with one attached hydrogen (secondary N) is 1. The van der Waals surface area contributed by atoms with Gasteiger partial charge < -0.3 is 5.11 Å². The lowest BCUT2D eigenvalue weighted by atomic mass is 9.88. The number of aliphatic hydroxyl groups is 1. The molecule has 0 bridgehead atoms. The maximum Gasteiger partial charge on any atom is 0.146 e. The van der Waals surface area contributed by atoms with Gasteiger partial charge in [-0.15, -0.1) is 0 Å². The lowest BCUT2D eigenvalue weighted by Gasteiger charge is -2.20. The van der Waals surface area contributed by atoms with Gasteiger partial charge in [0.2, 0.25) is 0 Å². The summed E-state index contributed by atoms with van der Waals surface area (Å²) in [6.45, 7) is 5.45. The van der Waals surface area contributed by atoms with Crippen molar-refractivity contribution in [3.05, 3.63) is 0 Å². The van der Waals surface area contributed by atoms with Gasteiger partial charge in [-0.05, 0) is 13.3 Å². The zero-order chi connectivity index (χ0) is 8.65. The normalized spacial score (nSPS) is 35.6. The van der Waals surface area contributed by atoms with E-state index in [4.69, 9.17) is 0 Å². The van der Waals surface area contributed by atoms with Gasteiger partial charge >= 0.3 is 0 Å². The van der Waals surface area contributed by atoms with Crippen LogP contribution in [-0.4, -0.2) is 23.2 Å². The first-order chi connectivity index (χ1) is 4.93. The maximum absolute atomic E-state index is 10.9. The minimum absolute atomic E-state index is 0.106. The summed E-state index contributed by atoms with van der Waals surface area (Å²) in [7, 11) is 0. The van der Waals surface area contributed by atoms with Crippen LogP contribution >= 0.6 is 0 Å². The SMILES string of the molecule is CC(=O)[C@@H]1CC(C)(C)C(O)N1. The van der Waals surface area contributed by atoms with Crippen LogP contribution in [0.25, 0.3) is 0 Å². The Morgan fingerprint density at radius 2 is 2.18 bits per heavy atom. The van der Waals surface area contributed by atoms with Crippen LogP contribution in [0.5, 0.6) is 0 Å². The van der Waals surface area contributed by atoms with E-state index in [-0.39, 0.29) is 17.2 Å². The minimum Gasteiger partial charge on any atom is -0.378 e. The molecule has 2 N–H and O–H groups in total. The van der Waals surface area contributed by atoms with Crippen LogP contribution < -0.4 is 5.32 Å². The third-order valence-electron chi connectivity index (χ3n) is 2.32. The molecule has 1 rings (SSSR count). The van der Waals surface area contributed by atoms with Crippen molar-refractivity contribution >= 4 is 5.78 Å². The fourth-order valence-corrected chi connectivity index (χ4v) is 1.37. The molecule has 1 aliphatic heterocycles. The second-order valence-electron chi connectivity index (χ2n) is 3.93. The summed E-state index contributed by atoms with van der Waals surface area (Å²) in [6.07, 6.45) is 0.181. The molecule has 0 aliphatic carbocycles. The topological polar surface area (TPSA) is 49.3 Å². The molecule has 0 aromatic rings. The summed E-state index contributed by atoms with van der Waals surface area (Å²) >= 11 is 0. The molecule has 2 atom stereocenters. The molecule has 0 radical (unpaired) electrons. The van der Waals surface area contributed by atoms with Crippen LogP contribution in [0.3, 0.4) is 0 Å². The van der Waals surface area contributed by atoms with E-state index in [9.17, 15) is 9.90 Å². The molecule has 1 heterocycles. The first kappa shape index (κ1) is 8.68. The Labute approximate surface area is 66.8 Å². The van der Waals surface area contributed by atoms with Crippen molar-refractivity contribution in [2.45, 2.75) is 39.5 Å². The van der Waals surface area contributed by atoms with Gasteiger partial charge in [0.1, 0.15) is 12.0 Å². The number of hydrogen-bond donors (Lipinski definition) is 2. The van der Waals surface area contributed by atoms with Crippen LogP contribution in [0.4, 0.5) is 0 Å². The maximum atomic E-state index is 10.9. The summed E-state index contributed by atoms with van der Waals surface area (Å²) in [5, 5.41) is 12.3. The van der Waals surface area contributed by atoms with E-state index in [0.717, 1.165) is 6.42 Å². The van der Waals surface area contributed by atoms with E-state index in [1.807, 2.05) is 13.8 Å². The Morgan fingerprint density at radius 3 is 2.36 bits per heavy atom. The Morgan fingerprint density at radius 1 is 1.64 bits per heavy atom. The monoisotopic (exact) mass is 157 g/mol. The Kier molecular flexibility index (Phi) is 2.03. The van der Waals surface area contributed by atoms with E-state index in [1.54, 1.807) is 6.92 Å². The second kappa shape index (κ2) is 2.57. The number of hydrogen-bond acceptors (Lipinski definition) is 3. The first-order valence-electron chi connectivity index (χ1n) is 3.88. The molecule has 0 amide bonds. The third kappa shape index (κ3) is 1.60. The molecular formula is C8H15NO2. The summed E-state index contributed by atoms with van der Waals surface area (Å²) in [5.74, 6) is 0.106. The zero-order valence-corrected chi connectivity index (χ0v) is 7.22. The fraction of sp³-hybridized carbons (Fsp3) is 0.875. The van der Waals surface area contributed by atoms with Crippen LogP contribution in [-0.2, 0) is 4.79 Å². The number of aliphatic hydroxyl groups excluding tert-OH is 1. The van der Waals surface area contributed by atoms with Gasteiger partial charge in [0.15, 0.2) is 0 Å². The number of carbonyl (C=O) groups is 1. The highest BCUT2D eigenvalue weighted by molar-refractivity contribution is 5.81. The minimum atomic E-state index is -0.545. The molecule has 0 aromatic carbocycles. The summed E-state index contributed by atoms with van der Waals surface area (Å²) in [5.41, 5.74) is -0.170. The quantitative estimate of drug-likeness (QED) is 0.575. The second-order valence-corrected chi connectivity index (χ2v) is 3.93. The van der Waals surface area contributed by atoms with Crippen LogP contribution in [0.1, 0.15) is 27.2 Å². The molecule has 3 nitrogen and oxygen atoms in total. The standard InChI is InChI=1S/C8H15NO2/c1-5(10)6-4-8(2,3)7(11)9-6/h6-7,9,11H,4H2,1-3H3/t6-,7?/m0/s1. The molecule has 0 spiro atoms. The van der Waals surface area contributed by atoms with E-state index < -0.39 is 6.23 Å². The van der Waals surface area contributed by atoms with Gasteiger partial charge in [-0.2, -0.15) is 0 Å². The summed E-state index contributed by atoms with van der Waals surface area (Å²) in [4.78, 5) is 10.9. The fourth-order valence-electron chi connectivity index (χ4n) is 1.37. The molecule has 0 saturated carbocycles. The van der Waals surface area contributed by atoms with Gasteiger partial charge in [-0.1, -0.05) is 13.8 Å². The number of rotatable bonds is 1. The van der Waals surface area contributed by atoms with E-state index in [1.165, 1.54) is 0 Å². The largest absolute Gasteiger partial charge is 0.378 e. The van der Waals surface area contributed by atoms with Gasteiger partial charge in [0.25, 0.3) is 0 Å². The Bertz CT molecular complexity index is 177. The van der Waals surface area contributed by atoms with Gasteiger partial charge in [-0.25, -0.2) is 0 Å². The lowest BCUT2D eigenvalue weighted by Crippen LogP contribution is -2.36. The molecule has 11 heavy (non-hydrogen) atoms. The van der Waals surface area contributed by atoms with Crippen molar-refractivity contribution in [1.29, 1.82) is 0 Å². The van der Waals surface area contributed by atoms with E-state index in [2.05, 4.69) is 5.32 Å². The highest BCUT2D eigenvalue weighted by Crippen LogP contribution is 2.31. The zero-order valence-electron chi connectivity index (χ0n) is 7.22. The van der Waals surface area contributed by atoms with Crippen molar-refractivity contribution < 1.29 is 9.90 Å². The molecule has 64 valence electrons. The first-order valence-corrected chi connectivity index (χ1v) is 3.88. The highest BCUT2D eigenvalue weighted by atomic mass is 16.3. The van der Waals surface area contributed by atoms with Crippen molar-refractivity contribution in [1.82, 2.24) is 5.32 Å². The molecule has 1 fully saturated rings. The predicted octanol–water partition coefficient (Wildman–Crippen LogP) is 0.282. The molecular weight excluding hydrogens is 142 g/mol. The molecule has 1 unspecified atom stereocenters. The average Bonchev–Trinajstić information content (AvgIpc) is 2.08. The van der Waals surface area contributed by atoms with Crippen molar-refractivity contribution in [2.75, 3.05) is 0 Å². The van der Waals surface area contributed by atoms with E-state index in [0.29, 0.717) is 0 Å². The molecule has 3 heteroatoms. The molecule has 1 aliphatic rings. The van der Waals surface area contributed by atoms with Crippen molar-refractivity contribution in [3.8, 4) is 0 Å². The van der Waals surface area contributed by atoms with Crippen molar-refractivity contribution in [2.24, 2.45) is 5.41 Å². The predicted molar refractivity (Wildman–Crippen MR) is 42.0 cm³/mol. The van der Waals surface area contributed by atoms with Crippen molar-refractivity contribution in [3.63, 3.8) is 0 Å². The summed E-state index contributed by atoms with van der Waals surface area (Å²) < 4.78 is 0. The van der Waals surface area contributed by atoms with Gasteiger partial charge in [0.05, 0.1) is 6.04 Å². The molecule has 1 saturated heterocycles. The number of carbonyl (C=O) groups excluding carboxylic acids is 1. The van der Waals surface area contributed by atoms with Crippen LogP contribution in [0.2, 0.25) is 0 Å².